The van der Waals surface area contributed by atoms with Crippen LogP contribution < -0.4 is 5.32 Å². The van der Waals surface area contributed by atoms with E-state index in [0.717, 1.165) is 15.7 Å². The van der Waals surface area contributed by atoms with Crippen LogP contribution in [0.4, 0.5) is 0 Å². The molecule has 0 saturated heterocycles. The normalized spacial score (nSPS) is 10.8. The quantitative estimate of drug-likeness (QED) is 0.746. The highest BCUT2D eigenvalue weighted by molar-refractivity contribution is 7.21. The highest BCUT2D eigenvalue weighted by Gasteiger charge is 2.16. The molecule has 0 radical (unpaired) electrons. The summed E-state index contributed by atoms with van der Waals surface area (Å²) in [7, 11) is 0. The van der Waals surface area contributed by atoms with E-state index in [2.05, 4.69) is 11.9 Å². The fourth-order valence-corrected chi connectivity index (χ4v) is 3.15. The van der Waals surface area contributed by atoms with Crippen molar-refractivity contribution in [2.24, 2.45) is 0 Å². The van der Waals surface area contributed by atoms with Gasteiger partial charge in [0.15, 0.2) is 0 Å². The van der Waals surface area contributed by atoms with Gasteiger partial charge < -0.3 is 5.32 Å². The van der Waals surface area contributed by atoms with Crippen molar-refractivity contribution in [3.05, 3.63) is 58.5 Å². The molecule has 0 atom stereocenters. The van der Waals surface area contributed by atoms with Crippen LogP contribution in [0.1, 0.15) is 30.4 Å². The zero-order valence-electron chi connectivity index (χ0n) is 12.6. The Morgan fingerprint density at radius 2 is 2.05 bits per heavy atom. The van der Waals surface area contributed by atoms with Crippen molar-refractivity contribution in [3.63, 3.8) is 0 Å². The van der Waals surface area contributed by atoms with E-state index in [-0.39, 0.29) is 5.91 Å². The Morgan fingerprint density at radius 1 is 1.38 bits per heavy atom. The van der Waals surface area contributed by atoms with Crippen LogP contribution in [0.15, 0.2) is 48.6 Å². The molecule has 21 heavy (non-hydrogen) atoms. The third-order valence-corrected chi connectivity index (χ3v) is 4.50. The van der Waals surface area contributed by atoms with Gasteiger partial charge in [0.2, 0.25) is 0 Å². The van der Waals surface area contributed by atoms with Crippen LogP contribution in [0.2, 0.25) is 5.02 Å². The van der Waals surface area contributed by atoms with Gasteiger partial charge in [0, 0.05) is 16.6 Å². The molecule has 4 heteroatoms. The molecule has 1 heterocycles. The number of carbonyl (C=O) groups is 1. The monoisotopic (exact) mass is 321 g/mol. The third-order valence-electron chi connectivity index (χ3n) is 2.83. The zero-order valence-corrected chi connectivity index (χ0v) is 14.1. The summed E-state index contributed by atoms with van der Waals surface area (Å²) >= 11 is 7.66. The number of fused-ring (bicyclic) bond motifs is 1. The Morgan fingerprint density at radius 3 is 2.62 bits per heavy atom. The molecular weight excluding hydrogens is 302 g/mol. The largest absolute Gasteiger partial charge is 0.347 e. The van der Waals surface area contributed by atoms with Crippen LogP contribution in [0.3, 0.4) is 0 Å². The summed E-state index contributed by atoms with van der Waals surface area (Å²) in [5.74, 6) is -0.146. The third kappa shape index (κ3) is 4.19. The SMILES string of the molecule is C=C/C(=C\C)CNC(=O)c1sc2ccccc2c1Cl.CC. The van der Waals surface area contributed by atoms with Crippen LogP contribution in [-0.4, -0.2) is 12.5 Å². The molecule has 2 nitrogen and oxygen atoms in total. The topological polar surface area (TPSA) is 29.1 Å². The molecule has 1 aromatic carbocycles. The number of rotatable bonds is 4. The van der Waals surface area contributed by atoms with Gasteiger partial charge in [-0.2, -0.15) is 0 Å². The number of hydrogen-bond acceptors (Lipinski definition) is 2. The van der Waals surface area contributed by atoms with Gasteiger partial charge in [-0.25, -0.2) is 0 Å². The molecule has 0 saturated carbocycles. The van der Waals surface area contributed by atoms with E-state index < -0.39 is 0 Å². The van der Waals surface area contributed by atoms with Gasteiger partial charge in [-0.3, -0.25) is 4.79 Å². The van der Waals surface area contributed by atoms with Crippen molar-refractivity contribution >= 4 is 38.9 Å². The lowest BCUT2D eigenvalue weighted by Gasteiger charge is -2.04. The van der Waals surface area contributed by atoms with Gasteiger partial charge in [-0.05, 0) is 18.6 Å². The predicted octanol–water partition coefficient (Wildman–Crippen LogP) is 5.44. The second-order valence-corrected chi connectivity index (χ2v) is 5.42. The lowest BCUT2D eigenvalue weighted by atomic mass is 10.2. The molecule has 2 rings (SSSR count). The van der Waals surface area contributed by atoms with E-state index >= 15 is 0 Å². The van der Waals surface area contributed by atoms with E-state index in [1.165, 1.54) is 11.3 Å². The summed E-state index contributed by atoms with van der Waals surface area (Å²) in [5, 5.41) is 4.30. The van der Waals surface area contributed by atoms with Crippen molar-refractivity contribution in [2.45, 2.75) is 20.8 Å². The molecule has 0 spiro atoms. The second kappa shape index (κ2) is 8.65. The Labute approximate surface area is 135 Å². The van der Waals surface area contributed by atoms with Crippen LogP contribution in [0.5, 0.6) is 0 Å². The molecule has 1 aromatic heterocycles. The average Bonchev–Trinajstić information content (AvgIpc) is 2.88. The van der Waals surface area contributed by atoms with E-state index in [4.69, 9.17) is 11.6 Å². The van der Waals surface area contributed by atoms with Gasteiger partial charge >= 0.3 is 0 Å². The number of allylic oxidation sites excluding steroid dienone is 1. The van der Waals surface area contributed by atoms with E-state index in [1.807, 2.05) is 51.1 Å². The summed E-state index contributed by atoms with van der Waals surface area (Å²) < 4.78 is 1.02. The number of nitrogens with one attached hydrogen (secondary N) is 1. The predicted molar refractivity (Wildman–Crippen MR) is 94.5 cm³/mol. The Kier molecular flexibility index (Phi) is 7.20. The van der Waals surface area contributed by atoms with Crippen LogP contribution in [-0.2, 0) is 0 Å². The number of hydrogen-bond donors (Lipinski definition) is 1. The molecule has 0 aliphatic rings. The maximum Gasteiger partial charge on any atom is 0.263 e. The summed E-state index contributed by atoms with van der Waals surface area (Å²) in [6, 6.07) is 7.74. The number of carbonyl (C=O) groups excluding carboxylic acids is 1. The van der Waals surface area contributed by atoms with Crippen molar-refractivity contribution < 1.29 is 4.79 Å². The standard InChI is InChI=1S/C15H14ClNOS.C2H6/c1-3-10(4-2)9-17-15(18)14-13(16)11-7-5-6-8-12(11)19-14;1-2/h3-8H,1,9H2,2H3,(H,17,18);1-2H3/b10-4+;. The number of amides is 1. The summed E-state index contributed by atoms with van der Waals surface area (Å²) in [6.07, 6.45) is 3.65. The molecular formula is C17H20ClNOS. The minimum Gasteiger partial charge on any atom is -0.347 e. The van der Waals surface area contributed by atoms with Crippen molar-refractivity contribution in [1.29, 1.82) is 0 Å². The molecule has 0 bridgehead atoms. The van der Waals surface area contributed by atoms with Gasteiger partial charge in [0.1, 0.15) is 4.88 Å². The van der Waals surface area contributed by atoms with E-state index in [0.29, 0.717) is 16.4 Å². The van der Waals surface area contributed by atoms with Crippen LogP contribution >= 0.6 is 22.9 Å². The van der Waals surface area contributed by atoms with Gasteiger partial charge in [-0.1, -0.05) is 62.4 Å². The van der Waals surface area contributed by atoms with Crippen molar-refractivity contribution in [1.82, 2.24) is 5.32 Å². The maximum atomic E-state index is 12.1. The van der Waals surface area contributed by atoms with Crippen LogP contribution in [0, 0.1) is 0 Å². The Hall–Kier alpha value is -1.58. The molecule has 112 valence electrons. The minimum atomic E-state index is -0.146. The van der Waals surface area contributed by atoms with Gasteiger partial charge in [0.05, 0.1) is 5.02 Å². The summed E-state index contributed by atoms with van der Waals surface area (Å²) in [5.41, 5.74) is 0.977. The highest BCUT2D eigenvalue weighted by Crippen LogP contribution is 2.34. The lowest BCUT2D eigenvalue weighted by molar-refractivity contribution is 0.0961. The summed E-state index contributed by atoms with van der Waals surface area (Å²) in [6.45, 7) is 10.1. The van der Waals surface area contributed by atoms with E-state index in [1.54, 1.807) is 6.08 Å². The minimum absolute atomic E-state index is 0.146. The smallest absolute Gasteiger partial charge is 0.263 e. The first-order chi connectivity index (χ1) is 10.2. The molecule has 1 N–H and O–H groups in total. The lowest BCUT2D eigenvalue weighted by Crippen LogP contribution is -2.24. The molecule has 0 aliphatic heterocycles. The zero-order chi connectivity index (χ0) is 15.8. The first kappa shape index (κ1) is 17.5. The fraction of sp³-hybridized carbons (Fsp3) is 0.235. The van der Waals surface area contributed by atoms with Gasteiger partial charge in [0.25, 0.3) is 5.91 Å². The second-order valence-electron chi connectivity index (χ2n) is 3.99. The molecule has 2 aromatic rings. The molecule has 0 fully saturated rings. The van der Waals surface area contributed by atoms with Gasteiger partial charge in [-0.15, -0.1) is 11.3 Å². The number of halogens is 1. The summed E-state index contributed by atoms with van der Waals surface area (Å²) in [4.78, 5) is 12.7. The number of benzene rings is 1. The Balaban J connectivity index is 0.00000106. The highest BCUT2D eigenvalue weighted by atomic mass is 35.5. The number of thiophene rings is 1. The van der Waals surface area contributed by atoms with Crippen LogP contribution in [0.25, 0.3) is 10.1 Å². The molecule has 0 unspecified atom stereocenters. The molecule has 1 amide bonds. The van der Waals surface area contributed by atoms with E-state index in [9.17, 15) is 4.79 Å². The van der Waals surface area contributed by atoms with Crippen molar-refractivity contribution in [3.8, 4) is 0 Å². The van der Waals surface area contributed by atoms with Crippen molar-refractivity contribution in [2.75, 3.05) is 6.54 Å². The Bertz CT molecular complexity index is 658. The fourth-order valence-electron chi connectivity index (χ4n) is 1.71. The first-order valence-electron chi connectivity index (χ1n) is 6.90. The molecule has 0 aliphatic carbocycles. The maximum absolute atomic E-state index is 12.1. The first-order valence-corrected chi connectivity index (χ1v) is 8.09. The average molecular weight is 322 g/mol.